The third kappa shape index (κ3) is 4.05. The zero-order chi connectivity index (χ0) is 16.0. The number of carbonyl (C=O) groups is 1. The van der Waals surface area contributed by atoms with E-state index in [4.69, 9.17) is 10.5 Å². The summed E-state index contributed by atoms with van der Waals surface area (Å²) >= 11 is 0. The van der Waals surface area contributed by atoms with Gasteiger partial charge in [-0.15, -0.1) is 0 Å². The molecule has 1 atom stereocenters. The monoisotopic (exact) mass is 308 g/mol. The zero-order valence-corrected chi connectivity index (χ0v) is 13.1. The molecule has 1 saturated carbocycles. The van der Waals surface area contributed by atoms with Crippen LogP contribution in [0.4, 0.5) is 4.39 Å². The van der Waals surface area contributed by atoms with Crippen LogP contribution >= 0.6 is 0 Å². The van der Waals surface area contributed by atoms with E-state index >= 15 is 0 Å². The lowest BCUT2D eigenvalue weighted by atomic mass is 9.69. The Morgan fingerprint density at radius 2 is 1.95 bits per heavy atom. The first-order valence-electron chi connectivity index (χ1n) is 7.86. The summed E-state index contributed by atoms with van der Waals surface area (Å²) in [6, 6.07) is 6.00. The minimum atomic E-state index is -0.654. The number of nitrogens with two attached hydrogens (primary N) is 1. The van der Waals surface area contributed by atoms with Crippen molar-refractivity contribution in [3.8, 4) is 0 Å². The Morgan fingerprint density at radius 1 is 1.32 bits per heavy atom. The number of halogens is 1. The molecular formula is C17H25FN2O2. The van der Waals surface area contributed by atoms with E-state index < -0.39 is 6.04 Å². The predicted molar refractivity (Wildman–Crippen MR) is 84.0 cm³/mol. The average molecular weight is 308 g/mol. The number of hydrogen-bond donors (Lipinski definition) is 2. The molecule has 0 aliphatic heterocycles. The summed E-state index contributed by atoms with van der Waals surface area (Å²) in [6.07, 6.45) is 5.45. The third-order valence-electron chi connectivity index (χ3n) is 4.55. The standard InChI is InChI=1S/C17H25FN2O2/c1-22-11-15(19)16(21)20-12-17(9-3-2-4-10-17)13-5-7-14(18)8-6-13/h5-8,15H,2-4,9-12,19H2,1H3,(H,20,21). The number of rotatable bonds is 6. The zero-order valence-electron chi connectivity index (χ0n) is 13.1. The van der Waals surface area contributed by atoms with Crippen molar-refractivity contribution in [3.63, 3.8) is 0 Å². The fourth-order valence-electron chi connectivity index (χ4n) is 3.24. The first kappa shape index (κ1) is 16.9. The molecule has 0 saturated heterocycles. The maximum absolute atomic E-state index is 13.2. The summed E-state index contributed by atoms with van der Waals surface area (Å²) in [4.78, 5) is 12.0. The molecule has 1 aliphatic rings. The van der Waals surface area contributed by atoms with Crippen LogP contribution in [0.1, 0.15) is 37.7 Å². The van der Waals surface area contributed by atoms with Crippen LogP contribution in [0, 0.1) is 5.82 Å². The van der Waals surface area contributed by atoms with Crippen LogP contribution < -0.4 is 11.1 Å². The van der Waals surface area contributed by atoms with Crippen LogP contribution in [0.3, 0.4) is 0 Å². The van der Waals surface area contributed by atoms with Gasteiger partial charge in [0, 0.05) is 19.1 Å². The molecule has 1 aliphatic carbocycles. The molecule has 1 aromatic carbocycles. The molecular weight excluding hydrogens is 283 g/mol. The number of ether oxygens (including phenoxy) is 1. The second-order valence-electron chi connectivity index (χ2n) is 6.13. The van der Waals surface area contributed by atoms with E-state index in [0.29, 0.717) is 6.54 Å². The Bertz CT molecular complexity index is 484. The molecule has 1 aromatic rings. The largest absolute Gasteiger partial charge is 0.383 e. The highest BCUT2D eigenvalue weighted by Crippen LogP contribution is 2.39. The Kier molecular flexibility index (Phi) is 5.91. The minimum Gasteiger partial charge on any atom is -0.383 e. The molecule has 1 unspecified atom stereocenters. The fraction of sp³-hybridized carbons (Fsp3) is 0.588. The van der Waals surface area contributed by atoms with Gasteiger partial charge in [-0.3, -0.25) is 4.79 Å². The lowest BCUT2D eigenvalue weighted by Crippen LogP contribution is -2.49. The van der Waals surface area contributed by atoms with Crippen molar-refractivity contribution in [2.75, 3.05) is 20.3 Å². The van der Waals surface area contributed by atoms with Gasteiger partial charge in [-0.05, 0) is 30.5 Å². The first-order valence-corrected chi connectivity index (χ1v) is 7.86. The Labute approximate surface area is 131 Å². The highest BCUT2D eigenvalue weighted by Gasteiger charge is 2.34. The Balaban J connectivity index is 2.09. The van der Waals surface area contributed by atoms with Crippen molar-refractivity contribution in [2.45, 2.75) is 43.6 Å². The minimum absolute atomic E-state index is 0.117. The van der Waals surface area contributed by atoms with E-state index in [0.717, 1.165) is 31.2 Å². The normalized spacial score (nSPS) is 18.7. The summed E-state index contributed by atoms with van der Waals surface area (Å²) in [6.45, 7) is 0.740. The van der Waals surface area contributed by atoms with E-state index in [-0.39, 0.29) is 23.7 Å². The van der Waals surface area contributed by atoms with Crippen LogP contribution in [0.2, 0.25) is 0 Å². The van der Waals surface area contributed by atoms with Gasteiger partial charge < -0.3 is 15.8 Å². The van der Waals surface area contributed by atoms with Crippen LogP contribution in [0.25, 0.3) is 0 Å². The molecule has 0 bridgehead atoms. The van der Waals surface area contributed by atoms with Gasteiger partial charge in [-0.1, -0.05) is 31.4 Å². The molecule has 5 heteroatoms. The third-order valence-corrected chi connectivity index (χ3v) is 4.55. The van der Waals surface area contributed by atoms with Crippen molar-refractivity contribution in [1.29, 1.82) is 0 Å². The topological polar surface area (TPSA) is 64.3 Å². The number of hydrogen-bond acceptors (Lipinski definition) is 3. The molecule has 1 fully saturated rings. The molecule has 0 heterocycles. The van der Waals surface area contributed by atoms with Gasteiger partial charge in [0.1, 0.15) is 11.9 Å². The van der Waals surface area contributed by atoms with Crippen LogP contribution in [-0.2, 0) is 14.9 Å². The SMILES string of the molecule is COCC(N)C(=O)NCC1(c2ccc(F)cc2)CCCCC1. The number of carbonyl (C=O) groups excluding carboxylic acids is 1. The van der Waals surface area contributed by atoms with Crippen LogP contribution in [-0.4, -0.2) is 32.2 Å². The van der Waals surface area contributed by atoms with Crippen LogP contribution in [0.5, 0.6) is 0 Å². The summed E-state index contributed by atoms with van der Waals surface area (Å²) in [5.74, 6) is -0.435. The molecule has 0 radical (unpaired) electrons. The molecule has 1 amide bonds. The van der Waals surface area contributed by atoms with Gasteiger partial charge in [-0.2, -0.15) is 0 Å². The highest BCUT2D eigenvalue weighted by atomic mass is 19.1. The van der Waals surface area contributed by atoms with E-state index in [1.54, 1.807) is 0 Å². The van der Waals surface area contributed by atoms with Gasteiger partial charge in [0.2, 0.25) is 5.91 Å². The lowest BCUT2D eigenvalue weighted by Gasteiger charge is -2.38. The molecule has 0 spiro atoms. The number of nitrogens with one attached hydrogen (secondary N) is 1. The van der Waals surface area contributed by atoms with E-state index in [1.807, 2.05) is 12.1 Å². The molecule has 122 valence electrons. The lowest BCUT2D eigenvalue weighted by molar-refractivity contribution is -0.123. The van der Waals surface area contributed by atoms with Gasteiger partial charge in [0.05, 0.1) is 6.61 Å². The van der Waals surface area contributed by atoms with Crippen molar-refractivity contribution in [2.24, 2.45) is 5.73 Å². The second kappa shape index (κ2) is 7.70. The van der Waals surface area contributed by atoms with E-state index in [9.17, 15) is 9.18 Å². The molecule has 2 rings (SSSR count). The van der Waals surface area contributed by atoms with Gasteiger partial charge in [0.25, 0.3) is 0 Å². The maximum atomic E-state index is 13.2. The number of benzene rings is 1. The summed E-state index contributed by atoms with van der Waals surface area (Å²) in [5.41, 5.74) is 6.73. The smallest absolute Gasteiger partial charge is 0.239 e. The van der Waals surface area contributed by atoms with Gasteiger partial charge in [-0.25, -0.2) is 4.39 Å². The predicted octanol–water partition coefficient (Wildman–Crippen LogP) is 2.12. The van der Waals surface area contributed by atoms with Crippen molar-refractivity contribution < 1.29 is 13.9 Å². The van der Waals surface area contributed by atoms with E-state index in [1.165, 1.54) is 25.7 Å². The first-order chi connectivity index (χ1) is 10.6. The molecule has 0 aromatic heterocycles. The van der Waals surface area contributed by atoms with Crippen molar-refractivity contribution >= 4 is 5.91 Å². The van der Waals surface area contributed by atoms with Gasteiger partial charge in [0.15, 0.2) is 0 Å². The molecule has 4 nitrogen and oxygen atoms in total. The summed E-state index contributed by atoms with van der Waals surface area (Å²) in [7, 11) is 1.52. The van der Waals surface area contributed by atoms with Crippen molar-refractivity contribution in [1.82, 2.24) is 5.32 Å². The Hall–Kier alpha value is -1.46. The fourth-order valence-corrected chi connectivity index (χ4v) is 3.24. The number of amides is 1. The number of methoxy groups -OCH3 is 1. The maximum Gasteiger partial charge on any atom is 0.239 e. The summed E-state index contributed by atoms with van der Waals surface area (Å²) in [5, 5.41) is 2.95. The molecule has 3 N–H and O–H groups in total. The van der Waals surface area contributed by atoms with Crippen LogP contribution in [0.15, 0.2) is 24.3 Å². The summed E-state index contributed by atoms with van der Waals surface area (Å²) < 4.78 is 18.1. The highest BCUT2D eigenvalue weighted by molar-refractivity contribution is 5.81. The second-order valence-corrected chi connectivity index (χ2v) is 6.13. The van der Waals surface area contributed by atoms with Gasteiger partial charge >= 0.3 is 0 Å². The van der Waals surface area contributed by atoms with Crippen molar-refractivity contribution in [3.05, 3.63) is 35.6 Å². The quantitative estimate of drug-likeness (QED) is 0.846. The van der Waals surface area contributed by atoms with E-state index in [2.05, 4.69) is 5.32 Å². The Morgan fingerprint density at radius 3 is 2.55 bits per heavy atom. The average Bonchev–Trinajstić information content (AvgIpc) is 2.54. The molecule has 22 heavy (non-hydrogen) atoms.